The third-order valence-corrected chi connectivity index (χ3v) is 2.63. The summed E-state index contributed by atoms with van der Waals surface area (Å²) in [5.41, 5.74) is -0.598. The number of aromatic amines is 1. The molecule has 0 aliphatic carbocycles. The Balaban J connectivity index is 2.28. The Morgan fingerprint density at radius 1 is 1.57 bits per heavy atom. The molecule has 0 spiro atoms. The number of hydrogen-bond donors (Lipinski definition) is 1. The van der Waals surface area contributed by atoms with Crippen molar-refractivity contribution in [3.8, 4) is 0 Å². The number of rotatable bonds is 1. The Labute approximate surface area is 85.8 Å². The zero-order valence-corrected chi connectivity index (χ0v) is 8.21. The molecule has 1 aromatic heterocycles. The van der Waals surface area contributed by atoms with E-state index in [1.54, 1.807) is 0 Å². The fourth-order valence-electron chi connectivity index (χ4n) is 1.64. The maximum absolute atomic E-state index is 11.1. The summed E-state index contributed by atoms with van der Waals surface area (Å²) in [4.78, 5) is 13.1. The highest BCUT2D eigenvalue weighted by atomic mass is 16.1. The summed E-state index contributed by atoms with van der Waals surface area (Å²) < 4.78 is 15.2. The first-order valence-electron chi connectivity index (χ1n) is 5.90. The van der Waals surface area contributed by atoms with E-state index < -0.39 is 5.56 Å². The molecule has 1 aliphatic heterocycles. The Morgan fingerprint density at radius 2 is 2.29 bits per heavy atom. The first kappa shape index (κ1) is 7.04. The summed E-state index contributed by atoms with van der Waals surface area (Å²) in [6, 6.07) is -0.373. The minimum atomic E-state index is -0.598. The van der Waals surface area contributed by atoms with E-state index >= 15 is 0 Å². The van der Waals surface area contributed by atoms with Crippen LogP contribution >= 0.6 is 0 Å². The van der Waals surface area contributed by atoms with Crippen LogP contribution in [0.15, 0.2) is 16.9 Å². The third-order valence-electron chi connectivity index (χ3n) is 2.63. The van der Waals surface area contributed by atoms with Crippen molar-refractivity contribution >= 4 is 5.82 Å². The monoisotopic (exact) mass is 195 g/mol. The predicted octanol–water partition coefficient (Wildman–Crippen LogP) is 1.01. The van der Waals surface area contributed by atoms with Gasteiger partial charge in [-0.05, 0) is 24.8 Å². The molecule has 0 unspecified atom stereocenters. The second-order valence-corrected chi connectivity index (χ2v) is 3.80. The average molecular weight is 195 g/mol. The van der Waals surface area contributed by atoms with Gasteiger partial charge in [-0.1, -0.05) is 6.92 Å². The molecule has 4 heteroatoms. The normalized spacial score (nSPS) is 20.5. The molecule has 14 heavy (non-hydrogen) atoms. The van der Waals surface area contributed by atoms with E-state index in [0.29, 0.717) is 11.7 Å². The van der Waals surface area contributed by atoms with Crippen molar-refractivity contribution in [2.75, 3.05) is 18.0 Å². The quantitative estimate of drug-likeness (QED) is 0.727. The van der Waals surface area contributed by atoms with Gasteiger partial charge in [-0.2, -0.15) is 5.10 Å². The summed E-state index contributed by atoms with van der Waals surface area (Å²) in [7, 11) is 0. The Bertz CT molecular complexity index is 438. The molecule has 0 atom stereocenters. The second kappa shape index (κ2) is 3.82. The lowest BCUT2D eigenvalue weighted by molar-refractivity contribution is 0.436. The van der Waals surface area contributed by atoms with Gasteiger partial charge in [-0.3, -0.25) is 4.79 Å². The van der Waals surface area contributed by atoms with Gasteiger partial charge in [0, 0.05) is 19.1 Å². The van der Waals surface area contributed by atoms with Crippen molar-refractivity contribution in [2.24, 2.45) is 5.92 Å². The van der Waals surface area contributed by atoms with Crippen molar-refractivity contribution < 1.29 is 2.74 Å². The molecular formula is C10H15N3O. The predicted molar refractivity (Wildman–Crippen MR) is 55.5 cm³/mol. The van der Waals surface area contributed by atoms with Crippen molar-refractivity contribution in [2.45, 2.75) is 19.8 Å². The highest BCUT2D eigenvalue weighted by molar-refractivity contribution is 5.36. The maximum Gasteiger partial charge on any atom is 0.264 e. The summed E-state index contributed by atoms with van der Waals surface area (Å²) in [6.45, 7) is 3.88. The molecule has 2 rings (SSSR count). The Kier molecular flexibility index (Phi) is 1.92. The van der Waals surface area contributed by atoms with Crippen LogP contribution in [-0.4, -0.2) is 23.3 Å². The van der Waals surface area contributed by atoms with E-state index in [1.807, 2.05) is 4.90 Å². The standard InChI is InChI=1S/C10H15N3O/c1-8-4-6-13(7-5-8)9-2-3-10(14)12-11-9/h2-3,8H,4-7H2,1H3,(H,12,14)/i2D,3D. The molecule has 1 aliphatic rings. The molecule has 1 N–H and O–H groups in total. The fraction of sp³-hybridized carbons (Fsp3) is 0.600. The van der Waals surface area contributed by atoms with Crippen molar-refractivity contribution in [3.05, 3.63) is 22.4 Å². The van der Waals surface area contributed by atoms with Gasteiger partial charge in [0.05, 0.1) is 2.74 Å². The van der Waals surface area contributed by atoms with Gasteiger partial charge < -0.3 is 4.90 Å². The lowest BCUT2D eigenvalue weighted by atomic mass is 9.99. The van der Waals surface area contributed by atoms with Gasteiger partial charge in [0.2, 0.25) is 0 Å². The number of nitrogens with zero attached hydrogens (tertiary/aromatic N) is 2. The Morgan fingerprint density at radius 3 is 3.00 bits per heavy atom. The molecule has 2 heterocycles. The number of anilines is 1. The first-order valence-corrected chi connectivity index (χ1v) is 4.90. The number of H-pyrrole nitrogens is 1. The molecule has 0 saturated carbocycles. The van der Waals surface area contributed by atoms with Crippen LogP contribution in [0, 0.1) is 5.92 Å². The van der Waals surface area contributed by atoms with E-state index in [2.05, 4.69) is 17.1 Å². The van der Waals surface area contributed by atoms with Gasteiger partial charge in [0.15, 0.2) is 0 Å². The number of piperidine rings is 1. The van der Waals surface area contributed by atoms with Crippen LogP contribution in [0.4, 0.5) is 5.82 Å². The largest absolute Gasteiger partial charge is 0.355 e. The van der Waals surface area contributed by atoms with Crippen LogP contribution in [0.2, 0.25) is 0 Å². The van der Waals surface area contributed by atoms with Gasteiger partial charge in [-0.25, -0.2) is 5.10 Å². The highest BCUT2D eigenvalue weighted by Gasteiger charge is 2.16. The van der Waals surface area contributed by atoms with Crippen LogP contribution in [0.25, 0.3) is 0 Å². The van der Waals surface area contributed by atoms with Crippen LogP contribution in [0.1, 0.15) is 22.5 Å². The third kappa shape index (κ3) is 1.95. The van der Waals surface area contributed by atoms with Gasteiger partial charge in [-0.15, -0.1) is 0 Å². The minimum absolute atomic E-state index is 0.0710. The molecule has 4 nitrogen and oxygen atoms in total. The second-order valence-electron chi connectivity index (χ2n) is 3.80. The summed E-state index contributed by atoms with van der Waals surface area (Å²) in [5, 5.41) is 6.13. The van der Waals surface area contributed by atoms with Gasteiger partial charge >= 0.3 is 0 Å². The average Bonchev–Trinajstić information content (AvgIpc) is 2.28. The fourth-order valence-corrected chi connectivity index (χ4v) is 1.64. The topological polar surface area (TPSA) is 49.0 Å². The molecule has 1 saturated heterocycles. The minimum Gasteiger partial charge on any atom is -0.355 e. The summed E-state index contributed by atoms with van der Waals surface area (Å²) in [5.74, 6) is 1.13. The van der Waals surface area contributed by atoms with E-state index in [1.165, 1.54) is 0 Å². The SMILES string of the molecule is [2H]c1c(N2CCC(C)CC2)n[nH]c(=O)c1[2H]. The smallest absolute Gasteiger partial charge is 0.264 e. The molecule has 0 bridgehead atoms. The van der Waals surface area contributed by atoms with Crippen LogP contribution < -0.4 is 10.5 Å². The Hall–Kier alpha value is -1.32. The summed E-state index contributed by atoms with van der Waals surface area (Å²) >= 11 is 0. The van der Waals surface area contributed by atoms with E-state index in [-0.39, 0.29) is 12.1 Å². The van der Waals surface area contributed by atoms with E-state index in [9.17, 15) is 4.79 Å². The molecule has 1 fully saturated rings. The van der Waals surface area contributed by atoms with Crippen molar-refractivity contribution in [1.29, 1.82) is 0 Å². The zero-order chi connectivity index (χ0) is 11.7. The highest BCUT2D eigenvalue weighted by Crippen LogP contribution is 2.19. The maximum atomic E-state index is 11.1. The first-order chi connectivity index (χ1) is 7.59. The lowest BCUT2D eigenvalue weighted by Crippen LogP contribution is -2.33. The molecule has 0 amide bonds. The van der Waals surface area contributed by atoms with E-state index in [4.69, 9.17) is 2.74 Å². The van der Waals surface area contributed by atoms with Gasteiger partial charge in [0.25, 0.3) is 5.56 Å². The number of aromatic nitrogens is 2. The molecule has 0 aromatic carbocycles. The van der Waals surface area contributed by atoms with Gasteiger partial charge in [0.1, 0.15) is 5.82 Å². The molecule has 0 radical (unpaired) electrons. The lowest BCUT2D eigenvalue weighted by Gasteiger charge is -2.30. The van der Waals surface area contributed by atoms with Crippen LogP contribution in [0.3, 0.4) is 0 Å². The number of nitrogens with one attached hydrogen (secondary N) is 1. The van der Waals surface area contributed by atoms with E-state index in [0.717, 1.165) is 25.9 Å². The molecule has 1 aromatic rings. The van der Waals surface area contributed by atoms with Crippen molar-refractivity contribution in [1.82, 2.24) is 10.2 Å². The summed E-state index contributed by atoms with van der Waals surface area (Å²) in [6.07, 6.45) is 2.13. The molecule has 76 valence electrons. The van der Waals surface area contributed by atoms with Crippen LogP contribution in [-0.2, 0) is 0 Å². The zero-order valence-electron chi connectivity index (χ0n) is 10.2. The number of hydrogen-bond acceptors (Lipinski definition) is 3. The van der Waals surface area contributed by atoms with Crippen LogP contribution in [0.5, 0.6) is 0 Å². The molecular weight excluding hydrogens is 178 g/mol. The van der Waals surface area contributed by atoms with Crippen molar-refractivity contribution in [3.63, 3.8) is 0 Å².